The molecule has 1 fully saturated rings. The van der Waals surface area contributed by atoms with Crippen molar-refractivity contribution in [2.75, 3.05) is 31.1 Å². The number of carbonyl (C=O) groups is 1. The van der Waals surface area contributed by atoms with Gasteiger partial charge >= 0.3 is 0 Å². The molecule has 2 aromatic heterocycles. The second-order valence-electron chi connectivity index (χ2n) is 6.43. The zero-order valence-electron chi connectivity index (χ0n) is 14.6. The molecule has 24 heavy (non-hydrogen) atoms. The van der Waals surface area contributed by atoms with Gasteiger partial charge in [-0.25, -0.2) is 15.0 Å². The maximum atomic E-state index is 12.6. The Morgan fingerprint density at radius 3 is 2.46 bits per heavy atom. The number of piperazine rings is 1. The molecule has 0 aromatic carbocycles. The normalized spacial score (nSPS) is 15.2. The minimum atomic E-state index is 0.0939. The van der Waals surface area contributed by atoms with Crippen LogP contribution in [0.2, 0.25) is 0 Å². The topological polar surface area (TPSA) is 62.2 Å². The highest BCUT2D eigenvalue weighted by atomic mass is 32.1. The monoisotopic (exact) mass is 345 g/mol. The van der Waals surface area contributed by atoms with Crippen molar-refractivity contribution in [3.63, 3.8) is 0 Å². The van der Waals surface area contributed by atoms with Gasteiger partial charge in [0.15, 0.2) is 0 Å². The lowest BCUT2D eigenvalue weighted by molar-refractivity contribution is 0.0750. The highest BCUT2D eigenvalue weighted by molar-refractivity contribution is 7.11. The van der Waals surface area contributed by atoms with Crippen molar-refractivity contribution in [1.82, 2.24) is 19.9 Å². The van der Waals surface area contributed by atoms with E-state index in [0.29, 0.717) is 19.0 Å². The molecule has 7 heteroatoms. The molecule has 1 aliphatic rings. The summed E-state index contributed by atoms with van der Waals surface area (Å²) >= 11 is 1.42. The summed E-state index contributed by atoms with van der Waals surface area (Å²) in [5.74, 6) is 2.24. The van der Waals surface area contributed by atoms with Crippen molar-refractivity contribution in [2.45, 2.75) is 33.6 Å². The van der Waals surface area contributed by atoms with Gasteiger partial charge in [0.1, 0.15) is 16.5 Å². The van der Waals surface area contributed by atoms with Gasteiger partial charge in [-0.05, 0) is 13.8 Å². The molecule has 0 bridgehead atoms. The fourth-order valence-corrected chi connectivity index (χ4v) is 3.55. The summed E-state index contributed by atoms with van der Waals surface area (Å²) in [5.41, 5.74) is 3.54. The molecule has 3 rings (SSSR count). The molecule has 2 aromatic rings. The lowest BCUT2D eigenvalue weighted by Crippen LogP contribution is -2.49. The van der Waals surface area contributed by atoms with Crippen molar-refractivity contribution in [3.05, 3.63) is 33.7 Å². The minimum absolute atomic E-state index is 0.0939. The number of thiazole rings is 1. The second kappa shape index (κ2) is 6.84. The van der Waals surface area contributed by atoms with E-state index in [1.54, 1.807) is 5.51 Å². The average molecular weight is 345 g/mol. The van der Waals surface area contributed by atoms with Gasteiger partial charge < -0.3 is 9.80 Å². The third-order valence-corrected chi connectivity index (χ3v) is 5.12. The Bertz CT molecular complexity index is 734. The van der Waals surface area contributed by atoms with E-state index in [4.69, 9.17) is 4.98 Å². The Morgan fingerprint density at radius 2 is 1.88 bits per heavy atom. The third-order valence-electron chi connectivity index (χ3n) is 4.21. The Kier molecular flexibility index (Phi) is 4.80. The van der Waals surface area contributed by atoms with Crippen LogP contribution in [0.4, 0.5) is 5.82 Å². The van der Waals surface area contributed by atoms with Crippen molar-refractivity contribution in [3.8, 4) is 0 Å². The number of aryl methyl sites for hydroxylation is 2. The van der Waals surface area contributed by atoms with Crippen LogP contribution in [-0.4, -0.2) is 51.9 Å². The van der Waals surface area contributed by atoms with Gasteiger partial charge in [-0.1, -0.05) is 13.8 Å². The van der Waals surface area contributed by atoms with E-state index >= 15 is 0 Å². The predicted octanol–water partition coefficient (Wildman–Crippen LogP) is 2.64. The van der Waals surface area contributed by atoms with E-state index in [1.807, 2.05) is 24.8 Å². The van der Waals surface area contributed by atoms with Crippen LogP contribution in [0.3, 0.4) is 0 Å². The van der Waals surface area contributed by atoms with E-state index in [0.717, 1.165) is 41.0 Å². The van der Waals surface area contributed by atoms with Gasteiger partial charge in [0.05, 0.1) is 11.2 Å². The predicted molar refractivity (Wildman–Crippen MR) is 95.8 cm³/mol. The van der Waals surface area contributed by atoms with Crippen LogP contribution in [0.1, 0.15) is 46.6 Å². The molecule has 0 unspecified atom stereocenters. The van der Waals surface area contributed by atoms with E-state index in [9.17, 15) is 4.79 Å². The Balaban J connectivity index is 1.69. The first kappa shape index (κ1) is 16.8. The molecule has 1 saturated heterocycles. The van der Waals surface area contributed by atoms with Crippen molar-refractivity contribution in [2.24, 2.45) is 0 Å². The SMILES string of the molecule is Cc1cc(N2CCN(C(=O)c3scnc3C)CC2)nc(C(C)C)n1. The van der Waals surface area contributed by atoms with Crippen molar-refractivity contribution < 1.29 is 4.79 Å². The van der Waals surface area contributed by atoms with Gasteiger partial charge in [0, 0.05) is 43.9 Å². The summed E-state index contributed by atoms with van der Waals surface area (Å²) in [7, 11) is 0. The summed E-state index contributed by atoms with van der Waals surface area (Å²) in [5, 5.41) is 0. The van der Waals surface area contributed by atoms with E-state index in [2.05, 4.69) is 28.7 Å². The first-order valence-electron chi connectivity index (χ1n) is 8.25. The van der Waals surface area contributed by atoms with Gasteiger partial charge in [-0.15, -0.1) is 11.3 Å². The molecule has 0 spiro atoms. The highest BCUT2D eigenvalue weighted by Crippen LogP contribution is 2.20. The number of anilines is 1. The number of aromatic nitrogens is 3. The van der Waals surface area contributed by atoms with Gasteiger partial charge in [-0.3, -0.25) is 4.79 Å². The summed E-state index contributed by atoms with van der Waals surface area (Å²) < 4.78 is 0. The standard InChI is InChI=1S/C17H23N5OS/c1-11(2)16-19-12(3)9-14(20-16)21-5-7-22(8-6-21)17(23)15-13(4)18-10-24-15/h9-11H,5-8H2,1-4H3. The number of hydrogen-bond acceptors (Lipinski definition) is 6. The van der Waals surface area contributed by atoms with Crippen LogP contribution in [0.5, 0.6) is 0 Å². The van der Waals surface area contributed by atoms with E-state index in [-0.39, 0.29) is 5.91 Å². The largest absolute Gasteiger partial charge is 0.353 e. The summed E-state index contributed by atoms with van der Waals surface area (Å²) in [4.78, 5) is 30.9. The molecular formula is C17H23N5OS. The maximum Gasteiger partial charge on any atom is 0.265 e. The molecule has 1 aliphatic heterocycles. The van der Waals surface area contributed by atoms with Crippen molar-refractivity contribution >= 4 is 23.1 Å². The molecule has 6 nitrogen and oxygen atoms in total. The lowest BCUT2D eigenvalue weighted by atomic mass is 10.2. The van der Waals surface area contributed by atoms with Gasteiger partial charge in [0.25, 0.3) is 5.91 Å². The highest BCUT2D eigenvalue weighted by Gasteiger charge is 2.25. The Hall–Kier alpha value is -2.02. The molecule has 0 aliphatic carbocycles. The summed E-state index contributed by atoms with van der Waals surface area (Å²) in [6.45, 7) is 11.1. The maximum absolute atomic E-state index is 12.6. The first-order valence-corrected chi connectivity index (χ1v) is 9.13. The number of amides is 1. The molecule has 128 valence electrons. The van der Waals surface area contributed by atoms with E-state index in [1.165, 1.54) is 11.3 Å². The molecule has 0 saturated carbocycles. The zero-order valence-corrected chi connectivity index (χ0v) is 15.4. The zero-order chi connectivity index (χ0) is 17.3. The minimum Gasteiger partial charge on any atom is -0.353 e. The summed E-state index contributed by atoms with van der Waals surface area (Å²) in [6.07, 6.45) is 0. The Labute approximate surface area is 146 Å². The van der Waals surface area contributed by atoms with Crippen LogP contribution in [-0.2, 0) is 0 Å². The lowest BCUT2D eigenvalue weighted by Gasteiger charge is -2.35. The van der Waals surface area contributed by atoms with Crippen LogP contribution < -0.4 is 4.90 Å². The smallest absolute Gasteiger partial charge is 0.265 e. The number of rotatable bonds is 3. The number of carbonyl (C=O) groups excluding carboxylic acids is 1. The fourth-order valence-electron chi connectivity index (χ4n) is 2.78. The molecule has 0 N–H and O–H groups in total. The fraction of sp³-hybridized carbons (Fsp3) is 0.529. The van der Waals surface area contributed by atoms with E-state index < -0.39 is 0 Å². The van der Waals surface area contributed by atoms with Crippen LogP contribution in [0.25, 0.3) is 0 Å². The number of hydrogen-bond donors (Lipinski definition) is 0. The van der Waals surface area contributed by atoms with Crippen molar-refractivity contribution in [1.29, 1.82) is 0 Å². The molecular weight excluding hydrogens is 322 g/mol. The molecule has 1 amide bonds. The quantitative estimate of drug-likeness (QED) is 0.856. The van der Waals surface area contributed by atoms with Crippen LogP contribution in [0, 0.1) is 13.8 Å². The molecule has 3 heterocycles. The first-order chi connectivity index (χ1) is 11.5. The van der Waals surface area contributed by atoms with Gasteiger partial charge in [-0.2, -0.15) is 0 Å². The van der Waals surface area contributed by atoms with Gasteiger partial charge in [0.2, 0.25) is 0 Å². The molecule has 0 radical (unpaired) electrons. The summed E-state index contributed by atoms with van der Waals surface area (Å²) in [6, 6.07) is 2.02. The molecule has 0 atom stereocenters. The van der Waals surface area contributed by atoms with Crippen LogP contribution in [0.15, 0.2) is 11.6 Å². The second-order valence-corrected chi connectivity index (χ2v) is 7.28. The average Bonchev–Trinajstić information content (AvgIpc) is 2.99. The Morgan fingerprint density at radius 1 is 1.17 bits per heavy atom. The number of nitrogens with zero attached hydrogens (tertiary/aromatic N) is 5. The third kappa shape index (κ3) is 3.40. The van der Waals surface area contributed by atoms with Crippen LogP contribution >= 0.6 is 11.3 Å².